The van der Waals surface area contributed by atoms with Gasteiger partial charge >= 0.3 is 5.38 Å². The maximum atomic E-state index is 13.2. The van der Waals surface area contributed by atoms with Gasteiger partial charge in [0.25, 0.3) is 0 Å². The summed E-state index contributed by atoms with van der Waals surface area (Å²) in [6.45, 7) is 0. The van der Waals surface area contributed by atoms with Gasteiger partial charge in [0, 0.05) is 12.4 Å². The average molecular weight is 286 g/mol. The molecule has 0 spiro atoms. The van der Waals surface area contributed by atoms with Gasteiger partial charge in [-0.05, 0) is 29.8 Å². The Labute approximate surface area is 113 Å². The van der Waals surface area contributed by atoms with Gasteiger partial charge in [-0.25, -0.2) is 0 Å². The Bertz CT molecular complexity index is 573. The van der Waals surface area contributed by atoms with Crippen LogP contribution in [0, 0.1) is 0 Å². The van der Waals surface area contributed by atoms with Crippen molar-refractivity contribution in [2.45, 2.75) is 5.38 Å². The topological polar surface area (TPSA) is 31.4 Å². The highest BCUT2D eigenvalue weighted by atomic mass is 35.5. The van der Waals surface area contributed by atoms with Crippen LogP contribution in [0.15, 0.2) is 42.7 Å². The number of nitrogens with zero attached hydrogens (tertiary/aromatic N) is 1. The lowest BCUT2D eigenvalue weighted by Gasteiger charge is -2.15. The van der Waals surface area contributed by atoms with Gasteiger partial charge in [-0.15, -0.1) is 0 Å². The number of methoxy groups -OCH3 is 1. The van der Waals surface area contributed by atoms with Gasteiger partial charge in [-0.2, -0.15) is 8.78 Å². The first-order valence-corrected chi connectivity index (χ1v) is 5.72. The predicted octanol–water partition coefficient (Wildman–Crippen LogP) is 4.17. The molecule has 0 aliphatic rings. The molecule has 0 saturated carbocycles. The van der Waals surface area contributed by atoms with E-state index in [-0.39, 0.29) is 5.75 Å². The molecule has 0 saturated heterocycles. The number of benzene rings is 1. The van der Waals surface area contributed by atoms with Crippen molar-refractivity contribution in [2.75, 3.05) is 7.11 Å². The SMILES string of the molecule is COc1ccccc1Oc1ccncc1C(F)(F)Cl. The lowest BCUT2D eigenvalue weighted by Crippen LogP contribution is -2.06. The van der Waals surface area contributed by atoms with Gasteiger partial charge in [0.05, 0.1) is 12.7 Å². The van der Waals surface area contributed by atoms with Crippen molar-refractivity contribution in [1.29, 1.82) is 0 Å². The summed E-state index contributed by atoms with van der Waals surface area (Å²) in [5.41, 5.74) is -0.498. The highest BCUT2D eigenvalue weighted by Gasteiger charge is 2.32. The van der Waals surface area contributed by atoms with E-state index in [1.54, 1.807) is 24.3 Å². The number of hydrogen-bond donors (Lipinski definition) is 0. The molecule has 2 rings (SSSR count). The standard InChI is InChI=1S/C13H10ClF2NO2/c1-18-11-4-2-3-5-12(11)19-10-6-7-17-8-9(10)13(14,15)16/h2-8H,1H3. The van der Waals surface area contributed by atoms with Gasteiger partial charge in [0.1, 0.15) is 5.75 Å². The van der Waals surface area contributed by atoms with E-state index in [9.17, 15) is 8.78 Å². The van der Waals surface area contributed by atoms with E-state index >= 15 is 0 Å². The highest BCUT2D eigenvalue weighted by molar-refractivity contribution is 6.22. The fraction of sp³-hybridized carbons (Fsp3) is 0.154. The van der Waals surface area contributed by atoms with Gasteiger partial charge < -0.3 is 9.47 Å². The molecule has 1 heterocycles. The zero-order chi connectivity index (χ0) is 13.9. The third-order valence-electron chi connectivity index (χ3n) is 2.38. The van der Waals surface area contributed by atoms with E-state index in [4.69, 9.17) is 21.1 Å². The number of ether oxygens (including phenoxy) is 2. The zero-order valence-electron chi connectivity index (χ0n) is 9.94. The van der Waals surface area contributed by atoms with Crippen LogP contribution < -0.4 is 9.47 Å². The summed E-state index contributed by atoms with van der Waals surface area (Å²) in [6.07, 6.45) is 2.31. The molecule has 2 aromatic rings. The van der Waals surface area contributed by atoms with Crippen molar-refractivity contribution >= 4 is 11.6 Å². The van der Waals surface area contributed by atoms with Crippen LogP contribution in [0.5, 0.6) is 17.2 Å². The number of pyridine rings is 1. The van der Waals surface area contributed by atoms with E-state index in [0.717, 1.165) is 6.20 Å². The van der Waals surface area contributed by atoms with E-state index in [1.165, 1.54) is 19.4 Å². The number of rotatable bonds is 4. The van der Waals surface area contributed by atoms with Gasteiger partial charge in [-0.1, -0.05) is 12.1 Å². The first-order chi connectivity index (χ1) is 9.02. The van der Waals surface area contributed by atoms with E-state index in [2.05, 4.69) is 4.98 Å². The summed E-state index contributed by atoms with van der Waals surface area (Å²) in [7, 11) is 1.46. The first-order valence-electron chi connectivity index (χ1n) is 5.34. The third kappa shape index (κ3) is 3.12. The molecule has 6 heteroatoms. The molecular formula is C13H10ClF2NO2. The molecule has 0 atom stereocenters. The molecule has 0 aliphatic carbocycles. The van der Waals surface area contributed by atoms with Crippen LogP contribution in [0.3, 0.4) is 0 Å². The van der Waals surface area contributed by atoms with Gasteiger partial charge in [-0.3, -0.25) is 4.98 Å². The van der Waals surface area contributed by atoms with Crippen LogP contribution in [0.25, 0.3) is 0 Å². The summed E-state index contributed by atoms with van der Waals surface area (Å²) in [5.74, 6) is 0.681. The largest absolute Gasteiger partial charge is 0.493 e. The molecule has 0 unspecified atom stereocenters. The van der Waals surface area contributed by atoms with Crippen LogP contribution >= 0.6 is 11.6 Å². The predicted molar refractivity (Wildman–Crippen MR) is 67.1 cm³/mol. The van der Waals surface area contributed by atoms with Crippen molar-refractivity contribution in [3.05, 3.63) is 48.3 Å². The van der Waals surface area contributed by atoms with Crippen LogP contribution in [0.1, 0.15) is 5.56 Å². The second kappa shape index (κ2) is 5.40. The lowest BCUT2D eigenvalue weighted by atomic mass is 10.2. The van der Waals surface area contributed by atoms with Crippen molar-refractivity contribution in [3.63, 3.8) is 0 Å². The van der Waals surface area contributed by atoms with Crippen molar-refractivity contribution in [3.8, 4) is 17.2 Å². The molecule has 1 aromatic carbocycles. The molecule has 1 aromatic heterocycles. The van der Waals surface area contributed by atoms with Gasteiger partial charge in [0.15, 0.2) is 11.5 Å². The molecular weight excluding hydrogens is 276 g/mol. The minimum atomic E-state index is -3.55. The molecule has 0 bridgehead atoms. The maximum Gasteiger partial charge on any atom is 0.353 e. The minimum absolute atomic E-state index is 0.0699. The monoisotopic (exact) mass is 285 g/mol. The molecule has 100 valence electrons. The van der Waals surface area contributed by atoms with Crippen molar-refractivity contribution < 1.29 is 18.3 Å². The quantitative estimate of drug-likeness (QED) is 0.790. The fourth-order valence-corrected chi connectivity index (χ4v) is 1.65. The lowest BCUT2D eigenvalue weighted by molar-refractivity contribution is 0.0919. The Morgan fingerprint density at radius 3 is 2.42 bits per heavy atom. The molecule has 19 heavy (non-hydrogen) atoms. The first kappa shape index (κ1) is 13.5. The highest BCUT2D eigenvalue weighted by Crippen LogP contribution is 2.40. The number of aromatic nitrogens is 1. The summed E-state index contributed by atoms with van der Waals surface area (Å²) < 4.78 is 36.9. The molecule has 0 N–H and O–H groups in total. The Balaban J connectivity index is 2.39. The molecule has 3 nitrogen and oxygen atoms in total. The number of halogens is 3. The van der Waals surface area contributed by atoms with E-state index in [1.807, 2.05) is 0 Å². The number of hydrogen-bond acceptors (Lipinski definition) is 3. The van der Waals surface area contributed by atoms with Crippen LogP contribution in [0.4, 0.5) is 8.78 Å². The van der Waals surface area contributed by atoms with Crippen molar-refractivity contribution in [2.24, 2.45) is 0 Å². The molecule has 0 amide bonds. The summed E-state index contributed by atoms with van der Waals surface area (Å²) in [6, 6.07) is 8.04. The average Bonchev–Trinajstić information content (AvgIpc) is 2.39. The Kier molecular flexibility index (Phi) is 3.85. The number of para-hydroxylation sites is 2. The van der Waals surface area contributed by atoms with E-state index in [0.29, 0.717) is 11.5 Å². The van der Waals surface area contributed by atoms with Crippen molar-refractivity contribution in [1.82, 2.24) is 4.98 Å². The Hall–Kier alpha value is -1.88. The fourth-order valence-electron chi connectivity index (χ4n) is 1.51. The molecule has 0 radical (unpaired) electrons. The summed E-state index contributed by atoms with van der Waals surface area (Å²) >= 11 is 5.02. The summed E-state index contributed by atoms with van der Waals surface area (Å²) in [5, 5.41) is -3.55. The normalized spacial score (nSPS) is 11.2. The maximum absolute atomic E-state index is 13.2. The van der Waals surface area contributed by atoms with Gasteiger partial charge in [0.2, 0.25) is 0 Å². The zero-order valence-corrected chi connectivity index (χ0v) is 10.7. The Morgan fingerprint density at radius 2 is 1.79 bits per heavy atom. The molecule has 0 fully saturated rings. The summed E-state index contributed by atoms with van der Waals surface area (Å²) in [4.78, 5) is 3.62. The third-order valence-corrected chi connectivity index (χ3v) is 2.58. The smallest absolute Gasteiger partial charge is 0.353 e. The van der Waals surface area contributed by atoms with Crippen LogP contribution in [0.2, 0.25) is 0 Å². The minimum Gasteiger partial charge on any atom is -0.493 e. The van der Waals surface area contributed by atoms with Crippen LogP contribution in [-0.2, 0) is 5.38 Å². The van der Waals surface area contributed by atoms with E-state index < -0.39 is 10.9 Å². The second-order valence-corrected chi connectivity index (χ2v) is 4.10. The second-order valence-electron chi connectivity index (χ2n) is 3.62. The van der Waals surface area contributed by atoms with Crippen LogP contribution in [-0.4, -0.2) is 12.1 Å². The number of alkyl halides is 3. The molecule has 0 aliphatic heterocycles. The Morgan fingerprint density at radius 1 is 1.11 bits per heavy atom.